The van der Waals surface area contributed by atoms with E-state index in [2.05, 4.69) is 0 Å². The van der Waals surface area contributed by atoms with Gasteiger partial charge in [-0.15, -0.1) is 0 Å². The summed E-state index contributed by atoms with van der Waals surface area (Å²) in [6.45, 7) is 0.0624. The number of hydrogen-bond acceptors (Lipinski definition) is 2. The van der Waals surface area contributed by atoms with Crippen molar-refractivity contribution >= 4 is 34.8 Å². The lowest BCUT2D eigenvalue weighted by Crippen LogP contribution is -2.47. The van der Waals surface area contributed by atoms with E-state index in [1.807, 2.05) is 36.4 Å². The highest BCUT2D eigenvalue weighted by Crippen LogP contribution is 2.32. The molecule has 5 heteroatoms. The molecule has 112 valence electrons. The molecule has 0 aromatic heterocycles. The zero-order chi connectivity index (χ0) is 15.7. The second kappa shape index (κ2) is 5.81. The van der Waals surface area contributed by atoms with E-state index in [0.717, 1.165) is 16.9 Å². The highest BCUT2D eigenvalue weighted by atomic mass is 35.5. The van der Waals surface area contributed by atoms with Gasteiger partial charge in [0.1, 0.15) is 6.54 Å². The van der Waals surface area contributed by atoms with E-state index in [9.17, 15) is 9.59 Å². The van der Waals surface area contributed by atoms with Crippen molar-refractivity contribution in [2.24, 2.45) is 0 Å². The predicted octanol–water partition coefficient (Wildman–Crippen LogP) is 2.89. The SMILES string of the molecule is CN1C(=O)CN(C(=O)Cc2cccc(Cl)c2)c2ccccc21. The summed E-state index contributed by atoms with van der Waals surface area (Å²) in [5.74, 6) is -0.214. The van der Waals surface area contributed by atoms with Crippen LogP contribution in [0.2, 0.25) is 5.02 Å². The van der Waals surface area contributed by atoms with Gasteiger partial charge in [-0.3, -0.25) is 9.59 Å². The molecule has 2 aromatic rings. The lowest BCUT2D eigenvalue weighted by atomic mass is 10.1. The van der Waals surface area contributed by atoms with Crippen molar-refractivity contribution in [1.29, 1.82) is 0 Å². The van der Waals surface area contributed by atoms with E-state index < -0.39 is 0 Å². The molecule has 1 aliphatic rings. The van der Waals surface area contributed by atoms with Gasteiger partial charge >= 0.3 is 0 Å². The number of likely N-dealkylation sites (N-methyl/N-ethyl adjacent to an activating group) is 1. The lowest BCUT2D eigenvalue weighted by molar-refractivity contribution is -0.122. The maximum Gasteiger partial charge on any atom is 0.246 e. The summed E-state index contributed by atoms with van der Waals surface area (Å²) in [5.41, 5.74) is 2.34. The molecule has 0 atom stereocenters. The normalized spacial score (nSPS) is 14.0. The third-order valence-corrected chi connectivity index (χ3v) is 3.98. The van der Waals surface area contributed by atoms with Gasteiger partial charge < -0.3 is 9.80 Å². The molecule has 2 amide bonds. The quantitative estimate of drug-likeness (QED) is 0.855. The molecule has 0 saturated carbocycles. The number of carbonyl (C=O) groups excluding carboxylic acids is 2. The van der Waals surface area contributed by atoms with E-state index in [-0.39, 0.29) is 24.8 Å². The molecule has 0 saturated heterocycles. The molecule has 1 aliphatic heterocycles. The summed E-state index contributed by atoms with van der Waals surface area (Å²) >= 11 is 5.95. The average molecular weight is 315 g/mol. The first-order valence-corrected chi connectivity index (χ1v) is 7.34. The highest BCUT2D eigenvalue weighted by molar-refractivity contribution is 6.30. The van der Waals surface area contributed by atoms with Crippen LogP contribution in [0.15, 0.2) is 48.5 Å². The van der Waals surface area contributed by atoms with Gasteiger partial charge in [-0.25, -0.2) is 0 Å². The summed E-state index contributed by atoms with van der Waals surface area (Å²) in [7, 11) is 1.72. The van der Waals surface area contributed by atoms with Crippen LogP contribution in [0.3, 0.4) is 0 Å². The molecule has 0 radical (unpaired) electrons. The Morgan fingerprint density at radius 3 is 2.59 bits per heavy atom. The fraction of sp³-hybridized carbons (Fsp3) is 0.176. The van der Waals surface area contributed by atoms with Crippen LogP contribution < -0.4 is 9.80 Å². The van der Waals surface area contributed by atoms with Crippen LogP contribution in [0.25, 0.3) is 0 Å². The number of benzene rings is 2. The number of para-hydroxylation sites is 2. The van der Waals surface area contributed by atoms with Crippen molar-refractivity contribution in [1.82, 2.24) is 0 Å². The molecule has 4 nitrogen and oxygen atoms in total. The zero-order valence-electron chi connectivity index (χ0n) is 12.1. The monoisotopic (exact) mass is 314 g/mol. The van der Waals surface area contributed by atoms with Gasteiger partial charge in [-0.05, 0) is 29.8 Å². The van der Waals surface area contributed by atoms with Gasteiger partial charge in [0.05, 0.1) is 17.8 Å². The summed E-state index contributed by atoms with van der Waals surface area (Å²) in [4.78, 5) is 27.8. The Kier molecular flexibility index (Phi) is 3.86. The Morgan fingerprint density at radius 2 is 1.86 bits per heavy atom. The summed E-state index contributed by atoms with van der Waals surface area (Å²) in [5, 5.41) is 0.597. The van der Waals surface area contributed by atoms with Crippen molar-refractivity contribution in [2.45, 2.75) is 6.42 Å². The first-order chi connectivity index (χ1) is 10.6. The third-order valence-electron chi connectivity index (χ3n) is 3.75. The second-order valence-corrected chi connectivity index (χ2v) is 5.66. The van der Waals surface area contributed by atoms with Crippen molar-refractivity contribution in [3.8, 4) is 0 Å². The van der Waals surface area contributed by atoms with Gasteiger partial charge in [0.15, 0.2) is 0 Å². The van der Waals surface area contributed by atoms with Crippen LogP contribution in [-0.2, 0) is 16.0 Å². The van der Waals surface area contributed by atoms with E-state index in [1.54, 1.807) is 29.0 Å². The largest absolute Gasteiger partial charge is 0.312 e. The maximum atomic E-state index is 12.6. The van der Waals surface area contributed by atoms with Gasteiger partial charge in [0.25, 0.3) is 0 Å². The molecule has 0 aliphatic carbocycles. The number of halogens is 1. The van der Waals surface area contributed by atoms with Gasteiger partial charge in [0, 0.05) is 12.1 Å². The molecule has 1 heterocycles. The topological polar surface area (TPSA) is 40.6 Å². The first kappa shape index (κ1) is 14.6. The van der Waals surface area contributed by atoms with Crippen LogP contribution >= 0.6 is 11.6 Å². The fourth-order valence-electron chi connectivity index (χ4n) is 2.58. The minimum atomic E-state index is -0.115. The maximum absolute atomic E-state index is 12.6. The number of amides is 2. The Morgan fingerprint density at radius 1 is 1.14 bits per heavy atom. The second-order valence-electron chi connectivity index (χ2n) is 5.23. The molecule has 0 N–H and O–H groups in total. The van der Waals surface area contributed by atoms with E-state index >= 15 is 0 Å². The van der Waals surface area contributed by atoms with Crippen molar-refractivity contribution in [2.75, 3.05) is 23.4 Å². The lowest BCUT2D eigenvalue weighted by Gasteiger charge is -2.34. The van der Waals surface area contributed by atoms with Crippen LogP contribution in [0, 0.1) is 0 Å². The number of hydrogen-bond donors (Lipinski definition) is 0. The van der Waals surface area contributed by atoms with E-state index in [4.69, 9.17) is 11.6 Å². The summed E-state index contributed by atoms with van der Waals surface area (Å²) < 4.78 is 0. The Hall–Kier alpha value is -2.33. The smallest absolute Gasteiger partial charge is 0.246 e. The molecule has 0 spiro atoms. The fourth-order valence-corrected chi connectivity index (χ4v) is 2.79. The van der Waals surface area contributed by atoms with Crippen molar-refractivity contribution in [3.63, 3.8) is 0 Å². The van der Waals surface area contributed by atoms with Crippen LogP contribution in [-0.4, -0.2) is 25.4 Å². The van der Waals surface area contributed by atoms with Gasteiger partial charge in [0.2, 0.25) is 11.8 Å². The molecule has 0 fully saturated rings. The van der Waals surface area contributed by atoms with Crippen LogP contribution in [0.4, 0.5) is 11.4 Å². The Bertz CT molecular complexity index is 745. The molecular formula is C17H15ClN2O2. The third kappa shape index (κ3) is 2.70. The van der Waals surface area contributed by atoms with Gasteiger partial charge in [-0.2, -0.15) is 0 Å². The molecule has 22 heavy (non-hydrogen) atoms. The molecular weight excluding hydrogens is 300 g/mol. The van der Waals surface area contributed by atoms with E-state index in [0.29, 0.717) is 5.02 Å². The first-order valence-electron chi connectivity index (χ1n) is 6.96. The number of anilines is 2. The van der Waals surface area contributed by atoms with E-state index in [1.165, 1.54) is 0 Å². The summed E-state index contributed by atoms with van der Waals surface area (Å²) in [6, 6.07) is 14.6. The predicted molar refractivity (Wildman–Crippen MR) is 87.4 cm³/mol. The molecule has 2 aromatic carbocycles. The molecule has 0 unspecified atom stereocenters. The molecule has 3 rings (SSSR count). The highest BCUT2D eigenvalue weighted by Gasteiger charge is 2.30. The number of carbonyl (C=O) groups is 2. The Balaban J connectivity index is 1.90. The Labute approximate surface area is 133 Å². The molecule has 0 bridgehead atoms. The van der Waals surface area contributed by atoms with Crippen molar-refractivity contribution in [3.05, 3.63) is 59.1 Å². The minimum Gasteiger partial charge on any atom is -0.312 e. The zero-order valence-corrected chi connectivity index (χ0v) is 12.9. The van der Waals surface area contributed by atoms with Crippen LogP contribution in [0.1, 0.15) is 5.56 Å². The number of nitrogens with zero attached hydrogens (tertiary/aromatic N) is 2. The summed E-state index contributed by atoms with van der Waals surface area (Å²) in [6.07, 6.45) is 0.214. The van der Waals surface area contributed by atoms with Gasteiger partial charge in [-0.1, -0.05) is 35.9 Å². The minimum absolute atomic E-state index is 0.0624. The van der Waals surface area contributed by atoms with Crippen LogP contribution in [0.5, 0.6) is 0 Å². The average Bonchev–Trinajstić information content (AvgIpc) is 2.51. The van der Waals surface area contributed by atoms with Crippen molar-refractivity contribution < 1.29 is 9.59 Å². The standard InChI is InChI=1S/C17H15ClN2O2/c1-19-14-7-2-3-8-15(14)20(11-17(19)22)16(21)10-12-5-4-6-13(18)9-12/h2-9H,10-11H2,1H3. The number of rotatable bonds is 2. The number of fused-ring (bicyclic) bond motifs is 1.